The summed E-state index contributed by atoms with van der Waals surface area (Å²) in [4.78, 5) is -0.264. The number of halogens is 1. The Labute approximate surface area is 108 Å². The van der Waals surface area contributed by atoms with Crippen LogP contribution in [-0.4, -0.2) is 26.9 Å². The monoisotopic (exact) mass is 286 g/mol. The van der Waals surface area contributed by atoms with E-state index in [0.717, 1.165) is 18.4 Å². The summed E-state index contributed by atoms with van der Waals surface area (Å²) in [7, 11) is -2.37. The summed E-state index contributed by atoms with van der Waals surface area (Å²) in [5.41, 5.74) is 5.54. The molecule has 6 nitrogen and oxygen atoms in total. The molecule has 2 rings (SSSR count). The van der Waals surface area contributed by atoms with Crippen LogP contribution < -0.4 is 10.5 Å². The molecule has 0 amide bonds. The van der Waals surface area contributed by atoms with Gasteiger partial charge >= 0.3 is 0 Å². The van der Waals surface area contributed by atoms with Gasteiger partial charge in [0.1, 0.15) is 16.5 Å². The average Bonchev–Trinajstić information content (AvgIpc) is 2.73. The van der Waals surface area contributed by atoms with Gasteiger partial charge in [-0.25, -0.2) is 12.8 Å². The quantitative estimate of drug-likeness (QED) is 0.918. The Bertz CT molecular complexity index is 724. The number of anilines is 1. The first-order valence-electron chi connectivity index (χ1n) is 5.13. The summed E-state index contributed by atoms with van der Waals surface area (Å²) in [6.07, 6.45) is 0.961. The van der Waals surface area contributed by atoms with Crippen molar-refractivity contribution < 1.29 is 22.1 Å². The Hall–Kier alpha value is -2.09. The molecule has 102 valence electrons. The summed E-state index contributed by atoms with van der Waals surface area (Å²) in [6.45, 7) is 0. The Morgan fingerprint density at radius 1 is 1.37 bits per heavy atom. The molecule has 8 heteroatoms. The molecular weight excluding hydrogens is 275 g/mol. The third kappa shape index (κ3) is 2.53. The zero-order valence-electron chi connectivity index (χ0n) is 10.2. The first-order chi connectivity index (χ1) is 8.82. The Kier molecular flexibility index (Phi) is 3.19. The van der Waals surface area contributed by atoms with E-state index < -0.39 is 15.7 Å². The zero-order valence-corrected chi connectivity index (χ0v) is 11.0. The number of nitrogens with zero attached hydrogens (tertiary/aromatic N) is 1. The van der Waals surface area contributed by atoms with Gasteiger partial charge in [-0.3, -0.25) is 0 Å². The molecule has 1 aromatic carbocycles. The van der Waals surface area contributed by atoms with Crippen LogP contribution in [0.15, 0.2) is 27.6 Å². The van der Waals surface area contributed by atoms with Gasteiger partial charge in [0, 0.05) is 12.3 Å². The highest BCUT2D eigenvalue weighted by atomic mass is 32.2. The number of hydrogen-bond donors (Lipinski definition) is 1. The van der Waals surface area contributed by atoms with Crippen molar-refractivity contribution in [2.45, 2.75) is 4.90 Å². The van der Waals surface area contributed by atoms with Crippen molar-refractivity contribution in [2.75, 3.05) is 19.1 Å². The summed E-state index contributed by atoms with van der Waals surface area (Å²) < 4.78 is 46.8. The smallest absolute Gasteiger partial charge is 0.179 e. The average molecular weight is 286 g/mol. The molecule has 0 bridgehead atoms. The van der Waals surface area contributed by atoms with Crippen molar-refractivity contribution in [3.05, 3.63) is 24.0 Å². The zero-order chi connectivity index (χ0) is 14.2. The topological polar surface area (TPSA) is 95.4 Å². The number of aromatic nitrogens is 1. The second-order valence-electron chi connectivity index (χ2n) is 3.87. The maximum absolute atomic E-state index is 13.6. The van der Waals surface area contributed by atoms with Crippen molar-refractivity contribution in [1.29, 1.82) is 0 Å². The second-order valence-corrected chi connectivity index (χ2v) is 5.86. The molecular formula is C11H11FN2O4S. The SMILES string of the molecule is COc1c(-c2cc(N)no2)cc(F)cc1S(C)(=O)=O. The minimum atomic E-state index is -3.65. The standard InChI is InChI=1S/C11H11FN2O4S/c1-17-11-7(8-5-10(13)14-18-8)3-6(12)4-9(11)19(2,15)16/h3-5H,1-2H3,(H2,13,14). The van der Waals surface area contributed by atoms with E-state index in [-0.39, 0.29) is 27.8 Å². The van der Waals surface area contributed by atoms with Crippen LogP contribution >= 0.6 is 0 Å². The number of methoxy groups -OCH3 is 1. The minimum Gasteiger partial charge on any atom is -0.495 e. The molecule has 0 aliphatic carbocycles. The van der Waals surface area contributed by atoms with Crippen molar-refractivity contribution in [2.24, 2.45) is 0 Å². The molecule has 0 atom stereocenters. The van der Waals surface area contributed by atoms with Gasteiger partial charge in [0.15, 0.2) is 21.4 Å². The number of hydrogen-bond acceptors (Lipinski definition) is 6. The van der Waals surface area contributed by atoms with Crippen LogP contribution in [0.1, 0.15) is 0 Å². The molecule has 1 aromatic heterocycles. The van der Waals surface area contributed by atoms with Crippen LogP contribution in [0.3, 0.4) is 0 Å². The number of nitrogens with two attached hydrogens (primary N) is 1. The number of ether oxygens (including phenoxy) is 1. The first kappa shape index (κ1) is 13.3. The molecule has 0 saturated carbocycles. The minimum absolute atomic E-state index is 0.0138. The number of nitrogen functional groups attached to an aromatic ring is 1. The normalized spacial score (nSPS) is 11.5. The third-order valence-electron chi connectivity index (χ3n) is 2.42. The maximum Gasteiger partial charge on any atom is 0.179 e. The lowest BCUT2D eigenvalue weighted by molar-refractivity contribution is 0.395. The van der Waals surface area contributed by atoms with E-state index in [2.05, 4.69) is 5.16 Å². The van der Waals surface area contributed by atoms with E-state index in [1.54, 1.807) is 0 Å². The van der Waals surface area contributed by atoms with Crippen molar-refractivity contribution in [3.8, 4) is 17.1 Å². The van der Waals surface area contributed by atoms with Gasteiger partial charge in [-0.15, -0.1) is 0 Å². The highest BCUT2D eigenvalue weighted by molar-refractivity contribution is 7.90. The number of benzene rings is 1. The lowest BCUT2D eigenvalue weighted by atomic mass is 10.1. The number of sulfone groups is 1. The van der Waals surface area contributed by atoms with E-state index in [4.69, 9.17) is 15.0 Å². The predicted octanol–water partition coefficient (Wildman–Crippen LogP) is 1.48. The van der Waals surface area contributed by atoms with Crippen LogP contribution in [0.4, 0.5) is 10.2 Å². The van der Waals surface area contributed by atoms with E-state index in [9.17, 15) is 12.8 Å². The van der Waals surface area contributed by atoms with Crippen molar-refractivity contribution in [3.63, 3.8) is 0 Å². The van der Waals surface area contributed by atoms with E-state index >= 15 is 0 Å². The number of rotatable bonds is 3. The van der Waals surface area contributed by atoms with Gasteiger partial charge in [0.25, 0.3) is 0 Å². The summed E-state index contributed by atoms with van der Waals surface area (Å²) in [5, 5.41) is 3.47. The Balaban J connectivity index is 2.78. The molecule has 0 fully saturated rings. The maximum atomic E-state index is 13.6. The van der Waals surface area contributed by atoms with Gasteiger partial charge in [-0.05, 0) is 12.1 Å². The second kappa shape index (κ2) is 4.54. The van der Waals surface area contributed by atoms with Crippen LogP contribution in [0.5, 0.6) is 5.75 Å². The predicted molar refractivity (Wildman–Crippen MR) is 66.0 cm³/mol. The van der Waals surface area contributed by atoms with Gasteiger partial charge < -0.3 is 15.0 Å². The van der Waals surface area contributed by atoms with Gasteiger partial charge in [-0.1, -0.05) is 5.16 Å². The molecule has 19 heavy (non-hydrogen) atoms. The summed E-state index contributed by atoms with van der Waals surface area (Å²) in [5.74, 6) is -0.521. The van der Waals surface area contributed by atoms with Crippen LogP contribution in [-0.2, 0) is 9.84 Å². The molecule has 0 aliphatic heterocycles. The Morgan fingerprint density at radius 2 is 2.05 bits per heavy atom. The van der Waals surface area contributed by atoms with Gasteiger partial charge in [0.2, 0.25) is 0 Å². The largest absolute Gasteiger partial charge is 0.495 e. The van der Waals surface area contributed by atoms with E-state index in [1.807, 2.05) is 0 Å². The third-order valence-corrected chi connectivity index (χ3v) is 3.52. The molecule has 0 unspecified atom stereocenters. The highest BCUT2D eigenvalue weighted by Gasteiger charge is 2.22. The van der Waals surface area contributed by atoms with Crippen molar-refractivity contribution >= 4 is 15.7 Å². The molecule has 2 aromatic rings. The fourth-order valence-corrected chi connectivity index (χ4v) is 2.51. The lowest BCUT2D eigenvalue weighted by Gasteiger charge is -2.10. The van der Waals surface area contributed by atoms with Crippen LogP contribution in [0.25, 0.3) is 11.3 Å². The van der Waals surface area contributed by atoms with E-state index in [0.29, 0.717) is 0 Å². The fraction of sp³-hybridized carbons (Fsp3) is 0.182. The highest BCUT2D eigenvalue weighted by Crippen LogP contribution is 2.37. The van der Waals surface area contributed by atoms with Gasteiger partial charge in [0.05, 0.1) is 12.7 Å². The molecule has 1 heterocycles. The molecule has 0 radical (unpaired) electrons. The molecule has 2 N–H and O–H groups in total. The lowest BCUT2D eigenvalue weighted by Crippen LogP contribution is -2.03. The summed E-state index contributed by atoms with van der Waals surface area (Å²) in [6, 6.07) is 3.33. The fourth-order valence-electron chi connectivity index (χ4n) is 1.65. The van der Waals surface area contributed by atoms with Crippen LogP contribution in [0, 0.1) is 5.82 Å². The molecule has 0 saturated heterocycles. The summed E-state index contributed by atoms with van der Waals surface area (Å²) >= 11 is 0. The van der Waals surface area contributed by atoms with Crippen molar-refractivity contribution in [1.82, 2.24) is 5.16 Å². The molecule has 0 spiro atoms. The Morgan fingerprint density at radius 3 is 2.53 bits per heavy atom. The van der Waals surface area contributed by atoms with E-state index in [1.165, 1.54) is 13.2 Å². The van der Waals surface area contributed by atoms with Crippen LogP contribution in [0.2, 0.25) is 0 Å². The first-order valence-corrected chi connectivity index (χ1v) is 7.02. The molecule has 0 aliphatic rings. The van der Waals surface area contributed by atoms with Gasteiger partial charge in [-0.2, -0.15) is 0 Å².